The highest BCUT2D eigenvalue weighted by Gasteiger charge is 2.13. The van der Waals surface area contributed by atoms with Gasteiger partial charge in [-0.2, -0.15) is 5.26 Å². The van der Waals surface area contributed by atoms with Crippen LogP contribution in [0.2, 0.25) is 0 Å². The van der Waals surface area contributed by atoms with E-state index in [1.54, 1.807) is 6.20 Å². The van der Waals surface area contributed by atoms with E-state index in [1.807, 2.05) is 54.7 Å². The lowest BCUT2D eigenvalue weighted by Gasteiger charge is -2.15. The molecule has 0 bridgehead atoms. The van der Waals surface area contributed by atoms with Gasteiger partial charge in [-0.05, 0) is 29.3 Å². The lowest BCUT2D eigenvalue weighted by atomic mass is 10.0. The van der Waals surface area contributed by atoms with Gasteiger partial charge in [-0.1, -0.05) is 30.3 Å². The van der Waals surface area contributed by atoms with Crippen molar-refractivity contribution in [3.8, 4) is 17.2 Å². The van der Waals surface area contributed by atoms with Gasteiger partial charge in [0.1, 0.15) is 6.07 Å². The van der Waals surface area contributed by atoms with Crippen molar-refractivity contribution in [2.45, 2.75) is 6.54 Å². The summed E-state index contributed by atoms with van der Waals surface area (Å²) >= 11 is -2.30. The summed E-state index contributed by atoms with van der Waals surface area (Å²) in [6.45, 7) is 0.216. The molecule has 2 aromatic heterocycles. The van der Waals surface area contributed by atoms with Gasteiger partial charge in [-0.25, -0.2) is 4.72 Å². The molecule has 0 aliphatic carbocycles. The Kier molecular flexibility index (Phi) is 5.35. The van der Waals surface area contributed by atoms with Crippen LogP contribution in [-0.2, 0) is 17.8 Å². The maximum absolute atomic E-state index is 10.7. The first kappa shape index (κ1) is 18.8. The number of rotatable bonds is 6. The van der Waals surface area contributed by atoms with E-state index in [2.05, 4.69) is 26.1 Å². The Hall–Kier alpha value is -3.51. The fourth-order valence-electron chi connectivity index (χ4n) is 3.17. The van der Waals surface area contributed by atoms with E-state index in [9.17, 15) is 14.0 Å². The van der Waals surface area contributed by atoms with E-state index < -0.39 is 11.3 Å². The number of benzene rings is 2. The summed E-state index contributed by atoms with van der Waals surface area (Å²) in [4.78, 5) is 7.39. The first-order valence-electron chi connectivity index (χ1n) is 8.79. The summed E-state index contributed by atoms with van der Waals surface area (Å²) in [6, 6.07) is 17.5. The Bertz CT molecular complexity index is 1230. The molecule has 2 aromatic carbocycles. The molecule has 0 aliphatic heterocycles. The topological polar surface area (TPSA) is 117 Å². The molecule has 4 aromatic rings. The van der Waals surface area contributed by atoms with Crippen LogP contribution in [-0.4, -0.2) is 18.7 Å². The number of hydrogen-bond donors (Lipinski definition) is 3. The highest BCUT2D eigenvalue weighted by atomic mass is 32.2. The quantitative estimate of drug-likeness (QED) is 0.425. The number of hydrogen-bond acceptors (Lipinski definition) is 5. The second-order valence-corrected chi connectivity index (χ2v) is 7.10. The van der Waals surface area contributed by atoms with Crippen LogP contribution in [0.5, 0.6) is 0 Å². The molecule has 0 radical (unpaired) electrons. The summed E-state index contributed by atoms with van der Waals surface area (Å²) < 4.78 is 23.7. The van der Waals surface area contributed by atoms with Crippen molar-refractivity contribution in [2.75, 3.05) is 5.32 Å². The third kappa shape index (κ3) is 4.02. The fraction of sp³-hybridized carbons (Fsp3) is 0.0476. The van der Waals surface area contributed by atoms with Gasteiger partial charge in [0, 0.05) is 58.6 Å². The zero-order valence-electron chi connectivity index (χ0n) is 15.2. The third-order valence-electron chi connectivity index (χ3n) is 4.58. The number of nitriles is 1. The molecule has 0 aliphatic rings. The molecule has 3 N–H and O–H groups in total. The molecule has 0 amide bonds. The van der Waals surface area contributed by atoms with Crippen LogP contribution >= 0.6 is 0 Å². The number of fused-ring (bicyclic) bond motifs is 1. The van der Waals surface area contributed by atoms with Gasteiger partial charge in [0.25, 0.3) is 0 Å². The van der Waals surface area contributed by atoms with Gasteiger partial charge in [-0.3, -0.25) is 9.19 Å². The molecule has 144 valence electrons. The molecule has 1 unspecified atom stereocenters. The first-order chi connectivity index (χ1) is 14.2. The second kappa shape index (κ2) is 8.24. The number of aromatic nitrogens is 2. The first-order valence-corrected chi connectivity index (χ1v) is 9.86. The van der Waals surface area contributed by atoms with E-state index in [1.165, 1.54) is 6.20 Å². The monoisotopic (exact) mass is 402 g/mol. The van der Waals surface area contributed by atoms with Crippen LogP contribution in [0.3, 0.4) is 0 Å². The summed E-state index contributed by atoms with van der Waals surface area (Å²) in [7, 11) is 0. The van der Waals surface area contributed by atoms with Crippen molar-refractivity contribution < 1.29 is 8.76 Å². The predicted molar refractivity (Wildman–Crippen MR) is 112 cm³/mol. The molecule has 29 heavy (non-hydrogen) atoms. The van der Waals surface area contributed by atoms with Crippen molar-refractivity contribution in [3.05, 3.63) is 78.2 Å². The van der Waals surface area contributed by atoms with Gasteiger partial charge in [-0.15, -0.1) is 0 Å². The van der Waals surface area contributed by atoms with Crippen LogP contribution in [0.1, 0.15) is 11.1 Å². The van der Waals surface area contributed by atoms with E-state index in [0.717, 1.165) is 33.3 Å². The molecule has 2 heterocycles. The minimum Gasteiger partial charge on any atom is -0.760 e. The SMILES string of the molecule is N#Cc1cncc(-c2ccc(CNS(=O)[O-])cc2)c1Nc1cccc2[nH]ccc12. The Balaban J connectivity index is 1.73. The normalized spacial score (nSPS) is 11.9. The standard InChI is InChI=1S/C21H17N5O2S/c22-10-16-12-23-13-18(15-6-4-14(5-7-15)11-25-29(27)28)21(16)26-20-3-1-2-19-17(20)8-9-24-19/h1-9,12-13,24-25H,11H2,(H,23,26)(H,27,28)/p-1. The van der Waals surface area contributed by atoms with E-state index >= 15 is 0 Å². The fourth-order valence-corrected chi connectivity index (χ4v) is 3.46. The molecule has 7 nitrogen and oxygen atoms in total. The lowest BCUT2D eigenvalue weighted by Crippen LogP contribution is -2.15. The zero-order chi connectivity index (χ0) is 20.2. The predicted octanol–water partition coefficient (Wildman–Crippen LogP) is 3.73. The molecule has 8 heteroatoms. The van der Waals surface area contributed by atoms with Gasteiger partial charge in [0.05, 0.1) is 11.3 Å². The molecule has 0 saturated carbocycles. The lowest BCUT2D eigenvalue weighted by molar-refractivity contribution is 0.522. The van der Waals surface area contributed by atoms with Crippen LogP contribution in [0, 0.1) is 11.3 Å². The Morgan fingerprint density at radius 1 is 1.14 bits per heavy atom. The molecular weight excluding hydrogens is 386 g/mol. The molecule has 1 atom stereocenters. The number of nitrogens with one attached hydrogen (secondary N) is 3. The van der Waals surface area contributed by atoms with Crippen molar-refractivity contribution in [2.24, 2.45) is 0 Å². The summed E-state index contributed by atoms with van der Waals surface area (Å²) in [5.41, 5.74) is 5.45. The highest BCUT2D eigenvalue weighted by molar-refractivity contribution is 7.77. The Morgan fingerprint density at radius 3 is 2.72 bits per heavy atom. The van der Waals surface area contributed by atoms with Crippen molar-refractivity contribution >= 4 is 33.5 Å². The van der Waals surface area contributed by atoms with Crippen molar-refractivity contribution in [3.63, 3.8) is 0 Å². The zero-order valence-corrected chi connectivity index (χ0v) is 16.0. The molecular formula is C21H16N5O2S-. The van der Waals surface area contributed by atoms with Gasteiger partial charge < -0.3 is 14.9 Å². The van der Waals surface area contributed by atoms with Crippen LogP contribution in [0.25, 0.3) is 22.0 Å². The largest absolute Gasteiger partial charge is 0.760 e. The number of H-pyrrole nitrogens is 1. The van der Waals surface area contributed by atoms with Crippen LogP contribution in [0.15, 0.2) is 67.1 Å². The van der Waals surface area contributed by atoms with Crippen LogP contribution < -0.4 is 10.0 Å². The smallest absolute Gasteiger partial charge is 0.103 e. The van der Waals surface area contributed by atoms with Gasteiger partial charge in [0.15, 0.2) is 0 Å². The summed E-state index contributed by atoms with van der Waals surface area (Å²) in [5, 5.41) is 14.0. The third-order valence-corrected chi connectivity index (χ3v) is 4.96. The molecule has 0 saturated heterocycles. The van der Waals surface area contributed by atoms with E-state index in [0.29, 0.717) is 11.3 Å². The maximum atomic E-state index is 10.7. The number of aromatic amines is 1. The Labute approximate surface area is 169 Å². The minimum atomic E-state index is -2.30. The number of pyridine rings is 1. The van der Waals surface area contributed by atoms with Gasteiger partial charge >= 0.3 is 0 Å². The van der Waals surface area contributed by atoms with Crippen molar-refractivity contribution in [1.29, 1.82) is 5.26 Å². The second-order valence-electron chi connectivity index (χ2n) is 6.34. The minimum absolute atomic E-state index is 0.216. The van der Waals surface area contributed by atoms with Crippen molar-refractivity contribution in [1.82, 2.24) is 14.7 Å². The average Bonchev–Trinajstić information content (AvgIpc) is 3.23. The van der Waals surface area contributed by atoms with E-state index in [-0.39, 0.29) is 6.54 Å². The van der Waals surface area contributed by atoms with Gasteiger partial charge in [0.2, 0.25) is 0 Å². The maximum Gasteiger partial charge on any atom is 0.103 e. The summed E-state index contributed by atoms with van der Waals surface area (Å²) in [6.07, 6.45) is 5.11. The number of anilines is 2. The van der Waals surface area contributed by atoms with Crippen LogP contribution in [0.4, 0.5) is 11.4 Å². The summed E-state index contributed by atoms with van der Waals surface area (Å²) in [5.74, 6) is 0. The average molecular weight is 402 g/mol. The molecule has 0 fully saturated rings. The molecule has 4 rings (SSSR count). The molecule has 0 spiro atoms. The number of nitrogens with zero attached hydrogens (tertiary/aromatic N) is 2. The highest BCUT2D eigenvalue weighted by Crippen LogP contribution is 2.34. The van der Waals surface area contributed by atoms with E-state index in [4.69, 9.17) is 0 Å². The Morgan fingerprint density at radius 2 is 1.97 bits per heavy atom.